The van der Waals surface area contributed by atoms with E-state index in [1.54, 1.807) is 12.1 Å². The topological polar surface area (TPSA) is 59.0 Å². The Morgan fingerprint density at radius 3 is 2.50 bits per heavy atom. The molecule has 0 atom stereocenters. The van der Waals surface area contributed by atoms with Crippen LogP contribution in [0.4, 0.5) is 0 Å². The summed E-state index contributed by atoms with van der Waals surface area (Å²) >= 11 is 0. The first kappa shape index (κ1) is 12.2. The lowest BCUT2D eigenvalue weighted by atomic mass is 10.1. The fraction of sp³-hybridized carbons (Fsp3) is 0.133. The van der Waals surface area contributed by atoms with Gasteiger partial charge >= 0.3 is 0 Å². The highest BCUT2D eigenvalue weighted by Crippen LogP contribution is 2.26. The molecular weight excluding hydrogens is 224 g/mol. The first-order chi connectivity index (χ1) is 8.72. The van der Waals surface area contributed by atoms with Gasteiger partial charge in [0, 0.05) is 6.54 Å². The van der Waals surface area contributed by atoms with Gasteiger partial charge in [0.1, 0.15) is 17.6 Å². The second-order valence-corrected chi connectivity index (χ2v) is 4.06. The van der Waals surface area contributed by atoms with E-state index in [0.717, 1.165) is 11.3 Å². The number of nitriles is 1. The first-order valence-electron chi connectivity index (χ1n) is 5.70. The Balaban J connectivity index is 2.29. The van der Waals surface area contributed by atoms with E-state index in [0.29, 0.717) is 17.9 Å². The number of nitrogens with zero attached hydrogens (tertiary/aromatic N) is 1. The zero-order valence-electron chi connectivity index (χ0n) is 10.2. The summed E-state index contributed by atoms with van der Waals surface area (Å²) in [6.45, 7) is 2.43. The number of hydrogen-bond donors (Lipinski definition) is 1. The minimum atomic E-state index is 0.416. The molecule has 0 fully saturated rings. The molecule has 2 N–H and O–H groups in total. The molecule has 0 amide bonds. The molecule has 2 aromatic rings. The highest BCUT2D eigenvalue weighted by atomic mass is 16.5. The molecule has 0 radical (unpaired) electrons. The number of aryl methyl sites for hydroxylation is 1. The third kappa shape index (κ3) is 2.68. The van der Waals surface area contributed by atoms with Gasteiger partial charge in [-0.2, -0.15) is 5.26 Å². The van der Waals surface area contributed by atoms with Crippen LogP contribution in [-0.4, -0.2) is 0 Å². The van der Waals surface area contributed by atoms with Crippen molar-refractivity contribution in [3.63, 3.8) is 0 Å². The zero-order chi connectivity index (χ0) is 13.0. The molecule has 90 valence electrons. The maximum atomic E-state index is 9.09. The van der Waals surface area contributed by atoms with Crippen molar-refractivity contribution in [3.8, 4) is 17.6 Å². The highest BCUT2D eigenvalue weighted by Gasteiger charge is 2.05. The third-order valence-electron chi connectivity index (χ3n) is 2.65. The van der Waals surface area contributed by atoms with E-state index in [9.17, 15) is 0 Å². The summed E-state index contributed by atoms with van der Waals surface area (Å²) in [5, 5.41) is 9.09. The Hall–Kier alpha value is -2.31. The van der Waals surface area contributed by atoms with Crippen LogP contribution in [0, 0.1) is 18.3 Å². The van der Waals surface area contributed by atoms with Crippen LogP contribution in [0.25, 0.3) is 0 Å². The lowest BCUT2D eigenvalue weighted by Gasteiger charge is -2.08. The standard InChI is InChI=1S/C15H14N2O/c1-11-2-5-14(6-3-11)18-15-7-4-12(9-16)8-13(15)10-17/h2-8H,9,16H2,1H3. The van der Waals surface area contributed by atoms with Crippen LogP contribution in [0.2, 0.25) is 0 Å². The van der Waals surface area contributed by atoms with Crippen LogP contribution in [0.5, 0.6) is 11.5 Å². The van der Waals surface area contributed by atoms with E-state index in [-0.39, 0.29) is 0 Å². The van der Waals surface area contributed by atoms with Gasteiger partial charge in [-0.15, -0.1) is 0 Å². The molecule has 0 spiro atoms. The van der Waals surface area contributed by atoms with Crippen molar-refractivity contribution in [2.75, 3.05) is 0 Å². The van der Waals surface area contributed by atoms with E-state index < -0.39 is 0 Å². The molecule has 18 heavy (non-hydrogen) atoms. The van der Waals surface area contributed by atoms with Gasteiger partial charge in [-0.3, -0.25) is 0 Å². The third-order valence-corrected chi connectivity index (χ3v) is 2.65. The second kappa shape index (κ2) is 5.35. The summed E-state index contributed by atoms with van der Waals surface area (Å²) in [4.78, 5) is 0. The molecule has 2 aromatic carbocycles. The lowest BCUT2D eigenvalue weighted by Crippen LogP contribution is -1.97. The number of ether oxygens (including phenoxy) is 1. The Labute approximate surface area is 106 Å². The van der Waals surface area contributed by atoms with Crippen molar-refractivity contribution < 1.29 is 4.74 Å². The number of nitrogens with two attached hydrogens (primary N) is 1. The van der Waals surface area contributed by atoms with Gasteiger partial charge in [-0.25, -0.2) is 0 Å². The molecule has 0 heterocycles. The van der Waals surface area contributed by atoms with Gasteiger partial charge in [-0.1, -0.05) is 23.8 Å². The summed E-state index contributed by atoms with van der Waals surface area (Å²) in [6.07, 6.45) is 0. The van der Waals surface area contributed by atoms with Crippen molar-refractivity contribution in [3.05, 3.63) is 59.2 Å². The van der Waals surface area contributed by atoms with E-state index in [2.05, 4.69) is 6.07 Å². The Morgan fingerprint density at radius 2 is 1.89 bits per heavy atom. The van der Waals surface area contributed by atoms with E-state index in [1.807, 2.05) is 37.3 Å². The summed E-state index contributed by atoms with van der Waals surface area (Å²) < 4.78 is 5.69. The van der Waals surface area contributed by atoms with Crippen LogP contribution in [-0.2, 0) is 6.54 Å². The summed E-state index contributed by atoms with van der Waals surface area (Å²) in [6, 6.07) is 15.2. The Morgan fingerprint density at radius 1 is 1.17 bits per heavy atom. The molecule has 0 saturated heterocycles. The van der Waals surface area contributed by atoms with Crippen LogP contribution in [0.15, 0.2) is 42.5 Å². The monoisotopic (exact) mass is 238 g/mol. The summed E-state index contributed by atoms with van der Waals surface area (Å²) in [7, 11) is 0. The average Bonchev–Trinajstić information content (AvgIpc) is 2.41. The predicted octanol–water partition coefficient (Wildman–Crippen LogP) is 3.12. The molecule has 0 aromatic heterocycles. The van der Waals surface area contributed by atoms with Crippen molar-refractivity contribution in [2.24, 2.45) is 5.73 Å². The molecule has 0 bridgehead atoms. The second-order valence-electron chi connectivity index (χ2n) is 4.06. The van der Waals surface area contributed by atoms with Crippen molar-refractivity contribution >= 4 is 0 Å². The van der Waals surface area contributed by atoms with E-state index >= 15 is 0 Å². The minimum absolute atomic E-state index is 0.416. The molecule has 3 nitrogen and oxygen atoms in total. The number of rotatable bonds is 3. The average molecular weight is 238 g/mol. The smallest absolute Gasteiger partial charge is 0.145 e. The maximum absolute atomic E-state index is 9.09. The molecule has 3 heteroatoms. The fourth-order valence-electron chi connectivity index (χ4n) is 1.61. The SMILES string of the molecule is Cc1ccc(Oc2ccc(CN)cc2C#N)cc1. The first-order valence-corrected chi connectivity index (χ1v) is 5.70. The van der Waals surface area contributed by atoms with Crippen molar-refractivity contribution in [1.82, 2.24) is 0 Å². The summed E-state index contributed by atoms with van der Waals surface area (Å²) in [5.41, 5.74) is 8.13. The van der Waals surface area contributed by atoms with Gasteiger partial charge in [0.2, 0.25) is 0 Å². The largest absolute Gasteiger partial charge is 0.456 e. The van der Waals surface area contributed by atoms with E-state index in [4.69, 9.17) is 15.7 Å². The van der Waals surface area contributed by atoms with Crippen LogP contribution >= 0.6 is 0 Å². The van der Waals surface area contributed by atoms with Gasteiger partial charge < -0.3 is 10.5 Å². The van der Waals surface area contributed by atoms with Crippen LogP contribution < -0.4 is 10.5 Å². The maximum Gasteiger partial charge on any atom is 0.145 e. The normalized spacial score (nSPS) is 9.83. The summed E-state index contributed by atoms with van der Waals surface area (Å²) in [5.74, 6) is 1.27. The molecule has 0 saturated carbocycles. The minimum Gasteiger partial charge on any atom is -0.456 e. The number of benzene rings is 2. The zero-order valence-corrected chi connectivity index (χ0v) is 10.2. The molecule has 0 aliphatic rings. The predicted molar refractivity (Wildman–Crippen MR) is 70.3 cm³/mol. The molecule has 2 rings (SSSR count). The van der Waals surface area contributed by atoms with Gasteiger partial charge in [0.25, 0.3) is 0 Å². The molecule has 0 aliphatic heterocycles. The van der Waals surface area contributed by atoms with Crippen LogP contribution in [0.1, 0.15) is 16.7 Å². The molecular formula is C15H14N2O. The van der Waals surface area contributed by atoms with Gasteiger partial charge in [-0.05, 0) is 36.8 Å². The van der Waals surface area contributed by atoms with Gasteiger partial charge in [0.15, 0.2) is 0 Å². The fourth-order valence-corrected chi connectivity index (χ4v) is 1.61. The van der Waals surface area contributed by atoms with Gasteiger partial charge in [0.05, 0.1) is 5.56 Å². The van der Waals surface area contributed by atoms with E-state index in [1.165, 1.54) is 5.56 Å². The molecule has 0 aliphatic carbocycles. The lowest BCUT2D eigenvalue weighted by molar-refractivity contribution is 0.480. The quantitative estimate of drug-likeness (QED) is 0.893. The Bertz CT molecular complexity index is 582. The van der Waals surface area contributed by atoms with Crippen LogP contribution in [0.3, 0.4) is 0 Å². The number of hydrogen-bond acceptors (Lipinski definition) is 3. The van der Waals surface area contributed by atoms with Crippen molar-refractivity contribution in [2.45, 2.75) is 13.5 Å². The molecule has 0 unspecified atom stereocenters. The Kier molecular flexibility index (Phi) is 3.61. The van der Waals surface area contributed by atoms with Crippen molar-refractivity contribution in [1.29, 1.82) is 5.26 Å². The highest BCUT2D eigenvalue weighted by molar-refractivity contribution is 5.47.